The molecule has 0 spiro atoms. The number of carbonyl (C=O) groups is 3. The predicted octanol–water partition coefficient (Wildman–Crippen LogP) is 3.42. The van der Waals surface area contributed by atoms with Crippen molar-refractivity contribution in [3.63, 3.8) is 0 Å². The van der Waals surface area contributed by atoms with Crippen LogP contribution in [0.5, 0.6) is 11.5 Å². The molecule has 1 aromatic heterocycles. The van der Waals surface area contributed by atoms with Gasteiger partial charge in [-0.3, -0.25) is 19.3 Å². The summed E-state index contributed by atoms with van der Waals surface area (Å²) < 4.78 is 29.5. The van der Waals surface area contributed by atoms with E-state index in [2.05, 4.69) is 5.32 Å². The van der Waals surface area contributed by atoms with E-state index < -0.39 is 17.8 Å². The summed E-state index contributed by atoms with van der Waals surface area (Å²) >= 11 is 0. The van der Waals surface area contributed by atoms with Crippen LogP contribution >= 0.6 is 0 Å². The van der Waals surface area contributed by atoms with Crippen LogP contribution in [-0.2, 0) is 16.1 Å². The minimum absolute atomic E-state index is 0.181. The molecule has 1 aliphatic heterocycles. The summed E-state index contributed by atoms with van der Waals surface area (Å²) in [6.45, 7) is 2.96. The molecule has 2 aromatic carbocycles. The number of hydrogen-bond acceptors (Lipinski definition) is 6. The van der Waals surface area contributed by atoms with Gasteiger partial charge in [-0.2, -0.15) is 0 Å². The Morgan fingerprint density at radius 3 is 2.76 bits per heavy atom. The van der Waals surface area contributed by atoms with E-state index in [-0.39, 0.29) is 37.0 Å². The molecule has 8 nitrogen and oxygen atoms in total. The average Bonchev–Trinajstić information content (AvgIpc) is 3.34. The number of nitrogens with one attached hydrogen (secondary N) is 1. The van der Waals surface area contributed by atoms with Gasteiger partial charge in [-0.15, -0.1) is 0 Å². The van der Waals surface area contributed by atoms with Crippen LogP contribution in [0.3, 0.4) is 0 Å². The second kappa shape index (κ2) is 9.78. The summed E-state index contributed by atoms with van der Waals surface area (Å²) in [6, 6.07) is 11.3. The Labute approximate surface area is 195 Å². The molecule has 0 fully saturated rings. The van der Waals surface area contributed by atoms with Gasteiger partial charge in [0.1, 0.15) is 29.1 Å². The van der Waals surface area contributed by atoms with Gasteiger partial charge in [0.25, 0.3) is 5.91 Å². The molecule has 0 saturated carbocycles. The quantitative estimate of drug-likeness (QED) is 0.511. The first kappa shape index (κ1) is 23.0. The molecule has 1 atom stereocenters. The monoisotopic (exact) mass is 466 g/mol. The first-order chi connectivity index (χ1) is 16.3. The van der Waals surface area contributed by atoms with Gasteiger partial charge in [0, 0.05) is 5.56 Å². The lowest BCUT2D eigenvalue weighted by Gasteiger charge is -2.33. The highest BCUT2D eigenvalue weighted by atomic mass is 19.1. The van der Waals surface area contributed by atoms with E-state index >= 15 is 0 Å². The number of anilines is 1. The second-order valence-electron chi connectivity index (χ2n) is 7.83. The smallest absolute Gasteiger partial charge is 0.265 e. The van der Waals surface area contributed by atoms with E-state index in [1.54, 1.807) is 38.1 Å². The van der Waals surface area contributed by atoms with Crippen LogP contribution in [-0.4, -0.2) is 36.9 Å². The van der Waals surface area contributed by atoms with Crippen molar-refractivity contribution in [2.45, 2.75) is 26.4 Å². The van der Waals surface area contributed by atoms with E-state index in [1.807, 2.05) is 0 Å². The normalized spacial score (nSPS) is 13.6. The highest BCUT2D eigenvalue weighted by Gasteiger charge is 2.33. The van der Waals surface area contributed by atoms with Crippen molar-refractivity contribution >= 4 is 23.3 Å². The first-order valence-corrected chi connectivity index (χ1v) is 10.6. The molecule has 4 rings (SSSR count). The molecule has 2 heterocycles. The van der Waals surface area contributed by atoms with Gasteiger partial charge in [-0.1, -0.05) is 0 Å². The first-order valence-electron chi connectivity index (χ1n) is 10.6. The third-order valence-electron chi connectivity index (χ3n) is 5.44. The maximum absolute atomic E-state index is 13.3. The third-order valence-corrected chi connectivity index (χ3v) is 5.44. The number of furan rings is 1. The molecular formula is C25H23FN2O6. The van der Waals surface area contributed by atoms with Crippen molar-refractivity contribution in [3.8, 4) is 11.5 Å². The fourth-order valence-corrected chi connectivity index (χ4v) is 3.62. The molecule has 0 bridgehead atoms. The fraction of sp³-hybridized carbons (Fsp3) is 0.240. The van der Waals surface area contributed by atoms with E-state index in [0.717, 1.165) is 0 Å². The highest BCUT2D eigenvalue weighted by Crippen LogP contribution is 2.34. The summed E-state index contributed by atoms with van der Waals surface area (Å²) in [5, 5.41) is 2.74. The van der Waals surface area contributed by atoms with Crippen LogP contribution in [0.15, 0.2) is 59.2 Å². The Morgan fingerprint density at radius 1 is 1.21 bits per heavy atom. The number of rotatable bonds is 8. The number of Topliss-reactive ketones (excluding diaryl/α,β-unsaturated/α-hetero) is 1. The lowest BCUT2D eigenvalue weighted by molar-refractivity contribution is -0.127. The van der Waals surface area contributed by atoms with Crippen molar-refractivity contribution in [2.24, 2.45) is 0 Å². The van der Waals surface area contributed by atoms with E-state index in [4.69, 9.17) is 13.9 Å². The Morgan fingerprint density at radius 2 is 2.03 bits per heavy atom. The zero-order valence-electron chi connectivity index (χ0n) is 18.7. The molecule has 2 amide bonds. The van der Waals surface area contributed by atoms with Gasteiger partial charge in [-0.05, 0) is 67.9 Å². The van der Waals surface area contributed by atoms with Crippen molar-refractivity contribution in [1.29, 1.82) is 0 Å². The average molecular weight is 466 g/mol. The van der Waals surface area contributed by atoms with Gasteiger partial charge < -0.3 is 19.2 Å². The lowest BCUT2D eigenvalue weighted by Crippen LogP contribution is -2.51. The number of ketones is 1. The molecule has 0 saturated heterocycles. The van der Waals surface area contributed by atoms with Crippen molar-refractivity contribution in [3.05, 3.63) is 77.5 Å². The second-order valence-corrected chi connectivity index (χ2v) is 7.83. The van der Waals surface area contributed by atoms with Gasteiger partial charge in [0.05, 0.1) is 18.5 Å². The van der Waals surface area contributed by atoms with Crippen molar-refractivity contribution in [2.75, 3.05) is 18.1 Å². The number of benzene rings is 2. The van der Waals surface area contributed by atoms with E-state index in [1.165, 1.54) is 35.4 Å². The largest absolute Gasteiger partial charge is 0.485 e. The molecule has 0 radical (unpaired) electrons. The SMILES string of the molecule is Cc1cc(F)ccc1OCC(=O)c1ccc2c(c1)N(C(C)C(=O)NCc1ccco1)C(=O)CO2. The molecule has 176 valence electrons. The van der Waals surface area contributed by atoms with Crippen LogP contribution in [0.25, 0.3) is 0 Å². The summed E-state index contributed by atoms with van der Waals surface area (Å²) in [6.07, 6.45) is 1.51. The van der Waals surface area contributed by atoms with Crippen LogP contribution < -0.4 is 19.7 Å². The summed E-state index contributed by atoms with van der Waals surface area (Å²) in [4.78, 5) is 39.5. The lowest BCUT2D eigenvalue weighted by atomic mass is 10.1. The van der Waals surface area contributed by atoms with Crippen LogP contribution in [0.2, 0.25) is 0 Å². The number of hydrogen-bond donors (Lipinski definition) is 1. The molecule has 0 aliphatic carbocycles. The van der Waals surface area contributed by atoms with Gasteiger partial charge in [0.15, 0.2) is 19.0 Å². The Bertz CT molecular complexity index is 1220. The van der Waals surface area contributed by atoms with Crippen LogP contribution in [0.4, 0.5) is 10.1 Å². The number of halogens is 1. The minimum Gasteiger partial charge on any atom is -0.485 e. The topological polar surface area (TPSA) is 98.1 Å². The minimum atomic E-state index is -0.853. The van der Waals surface area contributed by atoms with E-state index in [0.29, 0.717) is 28.5 Å². The number of nitrogens with zero attached hydrogens (tertiary/aromatic N) is 1. The fourth-order valence-electron chi connectivity index (χ4n) is 3.62. The maximum atomic E-state index is 13.3. The molecule has 3 aromatic rings. The van der Waals surface area contributed by atoms with Crippen molar-refractivity contribution in [1.82, 2.24) is 5.32 Å². The predicted molar refractivity (Wildman–Crippen MR) is 120 cm³/mol. The standard InChI is InChI=1S/C25H23FN2O6/c1-15-10-18(26)6-8-22(15)33-13-21(29)17-5-7-23-20(11-17)28(24(30)14-34-23)16(2)25(31)27-12-19-4-3-9-32-19/h3-11,16H,12-14H2,1-2H3,(H,27,31). The number of fused-ring (bicyclic) bond motifs is 1. The van der Waals surface area contributed by atoms with Gasteiger partial charge in [0.2, 0.25) is 5.91 Å². The number of ether oxygens (including phenoxy) is 2. The maximum Gasteiger partial charge on any atom is 0.265 e. The zero-order chi connectivity index (χ0) is 24.2. The Balaban J connectivity index is 1.49. The van der Waals surface area contributed by atoms with Gasteiger partial charge >= 0.3 is 0 Å². The number of aryl methyl sites for hydroxylation is 1. The van der Waals surface area contributed by atoms with Gasteiger partial charge in [-0.25, -0.2) is 4.39 Å². The Hall–Kier alpha value is -4.14. The molecule has 1 aliphatic rings. The molecule has 1 N–H and O–H groups in total. The molecule has 1 unspecified atom stereocenters. The number of carbonyl (C=O) groups excluding carboxylic acids is 3. The Kier molecular flexibility index (Phi) is 6.62. The summed E-state index contributed by atoms with van der Waals surface area (Å²) in [7, 11) is 0. The number of amides is 2. The van der Waals surface area contributed by atoms with Crippen LogP contribution in [0, 0.1) is 12.7 Å². The highest BCUT2D eigenvalue weighted by molar-refractivity contribution is 6.05. The van der Waals surface area contributed by atoms with E-state index in [9.17, 15) is 18.8 Å². The zero-order valence-corrected chi connectivity index (χ0v) is 18.7. The molecule has 9 heteroatoms. The summed E-state index contributed by atoms with van der Waals surface area (Å²) in [5.74, 6) is -0.164. The molecular weight excluding hydrogens is 443 g/mol. The molecule has 34 heavy (non-hydrogen) atoms. The third kappa shape index (κ3) is 4.93. The van der Waals surface area contributed by atoms with Crippen molar-refractivity contribution < 1.29 is 32.7 Å². The van der Waals surface area contributed by atoms with Crippen LogP contribution in [0.1, 0.15) is 28.6 Å². The summed E-state index contributed by atoms with van der Waals surface area (Å²) in [5.41, 5.74) is 1.17.